The maximum atomic E-state index is 4.28. The molecule has 0 radical (unpaired) electrons. The molecule has 0 amide bonds. The second-order valence-electron chi connectivity index (χ2n) is 6.80. The summed E-state index contributed by atoms with van der Waals surface area (Å²) in [5.41, 5.74) is 2.37. The number of hydrogen-bond acceptors (Lipinski definition) is 1. The molecule has 0 aromatic heterocycles. The van der Waals surface area contributed by atoms with E-state index in [1.54, 1.807) is 0 Å². The van der Waals surface area contributed by atoms with Gasteiger partial charge in [0.05, 0.1) is 0 Å². The van der Waals surface area contributed by atoms with Gasteiger partial charge in [0.1, 0.15) is 0 Å². The highest BCUT2D eigenvalue weighted by atomic mass is 15.2. The van der Waals surface area contributed by atoms with Crippen molar-refractivity contribution in [3.8, 4) is 0 Å². The molecule has 15 heavy (non-hydrogen) atoms. The lowest BCUT2D eigenvalue weighted by Crippen LogP contribution is -2.45. The second-order valence-corrected chi connectivity index (χ2v) is 6.80. The van der Waals surface area contributed by atoms with Gasteiger partial charge in [-0.15, -0.1) is 0 Å². The number of rotatable bonds is 1. The number of hydrogen-bond donors (Lipinski definition) is 0. The quantitative estimate of drug-likeness (QED) is 0.595. The summed E-state index contributed by atoms with van der Waals surface area (Å²) < 4.78 is 0. The van der Waals surface area contributed by atoms with Crippen molar-refractivity contribution in [1.29, 1.82) is 0 Å². The topological polar surface area (TPSA) is 3.24 Å². The Labute approximate surface area is 94.5 Å². The molecule has 0 bridgehead atoms. The van der Waals surface area contributed by atoms with Gasteiger partial charge in [-0.2, -0.15) is 0 Å². The summed E-state index contributed by atoms with van der Waals surface area (Å²) in [7, 11) is 2.29. The average Bonchev–Trinajstić information content (AvgIpc) is 2.53. The molecular weight excluding hydrogens is 182 g/mol. The average molecular weight is 207 g/mol. The van der Waals surface area contributed by atoms with E-state index in [0.29, 0.717) is 11.0 Å². The Balaban J connectivity index is 2.27. The molecule has 1 aliphatic heterocycles. The molecule has 0 aromatic rings. The molecule has 1 heteroatoms. The van der Waals surface area contributed by atoms with Crippen LogP contribution in [-0.2, 0) is 0 Å². The summed E-state index contributed by atoms with van der Waals surface area (Å²) in [5, 5.41) is 0. The van der Waals surface area contributed by atoms with Crippen molar-refractivity contribution >= 4 is 0 Å². The minimum Gasteiger partial charge on any atom is -0.296 e. The summed E-state index contributed by atoms with van der Waals surface area (Å²) in [4.78, 5) is 2.58. The molecule has 2 fully saturated rings. The first-order valence-corrected chi connectivity index (χ1v) is 6.24. The standard InChI is InChI=1S/C14H25N/c1-11-9-15(5)14(10-13(2,3)4)8-6-7-12(11)14/h12H,1,6-10H2,2-5H3. The van der Waals surface area contributed by atoms with Crippen molar-refractivity contribution in [2.45, 2.75) is 52.0 Å². The minimum atomic E-state index is 0.432. The van der Waals surface area contributed by atoms with Gasteiger partial charge in [0.2, 0.25) is 0 Å². The molecule has 1 heterocycles. The monoisotopic (exact) mass is 207 g/mol. The van der Waals surface area contributed by atoms with Crippen LogP contribution in [0.5, 0.6) is 0 Å². The molecule has 1 saturated carbocycles. The fourth-order valence-electron chi connectivity index (χ4n) is 3.93. The normalized spacial score (nSPS) is 37.3. The van der Waals surface area contributed by atoms with E-state index in [2.05, 4.69) is 39.3 Å². The van der Waals surface area contributed by atoms with Gasteiger partial charge in [-0.3, -0.25) is 4.90 Å². The van der Waals surface area contributed by atoms with Crippen molar-refractivity contribution in [2.75, 3.05) is 13.6 Å². The predicted molar refractivity (Wildman–Crippen MR) is 65.9 cm³/mol. The smallest absolute Gasteiger partial charge is 0.0280 e. The van der Waals surface area contributed by atoms with Gasteiger partial charge in [-0.25, -0.2) is 0 Å². The van der Waals surface area contributed by atoms with Crippen LogP contribution in [-0.4, -0.2) is 24.0 Å². The molecule has 0 N–H and O–H groups in total. The van der Waals surface area contributed by atoms with Gasteiger partial charge in [-0.05, 0) is 37.6 Å². The Kier molecular flexibility index (Phi) is 2.50. The Hall–Kier alpha value is -0.300. The molecule has 2 aliphatic rings. The van der Waals surface area contributed by atoms with Gasteiger partial charge in [0.15, 0.2) is 0 Å². The van der Waals surface area contributed by atoms with E-state index >= 15 is 0 Å². The highest BCUT2D eigenvalue weighted by molar-refractivity contribution is 5.23. The van der Waals surface area contributed by atoms with Crippen LogP contribution < -0.4 is 0 Å². The molecule has 0 aromatic carbocycles. The van der Waals surface area contributed by atoms with E-state index in [0.717, 1.165) is 12.5 Å². The molecule has 1 aliphatic carbocycles. The third-order valence-electron chi connectivity index (χ3n) is 4.28. The fraction of sp³-hybridized carbons (Fsp3) is 0.857. The Morgan fingerprint density at radius 2 is 2.13 bits per heavy atom. The van der Waals surface area contributed by atoms with Crippen molar-refractivity contribution in [3.05, 3.63) is 12.2 Å². The van der Waals surface area contributed by atoms with Crippen LogP contribution in [0.3, 0.4) is 0 Å². The van der Waals surface area contributed by atoms with Crippen molar-refractivity contribution in [3.63, 3.8) is 0 Å². The Morgan fingerprint density at radius 3 is 2.73 bits per heavy atom. The molecular formula is C14H25N. The van der Waals surface area contributed by atoms with E-state index in [4.69, 9.17) is 0 Å². The molecule has 86 valence electrons. The number of likely N-dealkylation sites (N-methyl/N-ethyl adjacent to an activating group) is 1. The lowest BCUT2D eigenvalue weighted by Gasteiger charge is -2.41. The largest absolute Gasteiger partial charge is 0.296 e. The van der Waals surface area contributed by atoms with Gasteiger partial charge < -0.3 is 0 Å². The van der Waals surface area contributed by atoms with E-state index in [-0.39, 0.29) is 0 Å². The third-order valence-corrected chi connectivity index (χ3v) is 4.28. The van der Waals surface area contributed by atoms with E-state index < -0.39 is 0 Å². The van der Waals surface area contributed by atoms with Gasteiger partial charge in [-0.1, -0.05) is 39.3 Å². The molecule has 1 saturated heterocycles. The highest BCUT2D eigenvalue weighted by Gasteiger charge is 2.52. The van der Waals surface area contributed by atoms with Crippen molar-refractivity contribution in [1.82, 2.24) is 4.90 Å². The summed E-state index contributed by atoms with van der Waals surface area (Å²) >= 11 is 0. The van der Waals surface area contributed by atoms with E-state index in [1.165, 1.54) is 31.3 Å². The lowest BCUT2D eigenvalue weighted by molar-refractivity contribution is 0.0937. The molecule has 1 nitrogen and oxygen atoms in total. The van der Waals surface area contributed by atoms with E-state index in [1.807, 2.05) is 0 Å². The summed E-state index contributed by atoms with van der Waals surface area (Å²) in [5.74, 6) is 0.779. The van der Waals surface area contributed by atoms with Crippen LogP contribution in [0.4, 0.5) is 0 Å². The van der Waals surface area contributed by atoms with Crippen LogP contribution in [0.25, 0.3) is 0 Å². The maximum Gasteiger partial charge on any atom is 0.0280 e. The SMILES string of the molecule is C=C1CN(C)C2(CC(C)(C)C)CCCC12. The molecule has 2 atom stereocenters. The first-order valence-electron chi connectivity index (χ1n) is 6.24. The predicted octanol–water partition coefficient (Wildman–Crippen LogP) is 3.46. The number of fused-ring (bicyclic) bond motifs is 1. The Morgan fingerprint density at radius 1 is 1.47 bits per heavy atom. The first kappa shape index (κ1) is 11.2. The van der Waals surface area contributed by atoms with Crippen LogP contribution in [0.15, 0.2) is 12.2 Å². The second kappa shape index (κ2) is 3.35. The number of likely N-dealkylation sites (tertiary alicyclic amines) is 1. The zero-order chi connectivity index (χ0) is 11.3. The molecule has 2 rings (SSSR count). The summed E-state index contributed by atoms with van der Waals surface area (Å²) in [6, 6.07) is 0. The lowest BCUT2D eigenvalue weighted by atomic mass is 9.74. The first-order chi connectivity index (χ1) is 6.85. The minimum absolute atomic E-state index is 0.432. The zero-order valence-corrected chi connectivity index (χ0v) is 10.8. The van der Waals surface area contributed by atoms with Crippen LogP contribution in [0.2, 0.25) is 0 Å². The zero-order valence-electron chi connectivity index (χ0n) is 10.8. The van der Waals surface area contributed by atoms with Gasteiger partial charge in [0.25, 0.3) is 0 Å². The highest BCUT2D eigenvalue weighted by Crippen LogP contribution is 2.53. The van der Waals surface area contributed by atoms with Crippen LogP contribution in [0.1, 0.15) is 46.5 Å². The van der Waals surface area contributed by atoms with Crippen LogP contribution >= 0.6 is 0 Å². The fourth-order valence-corrected chi connectivity index (χ4v) is 3.93. The Bertz CT molecular complexity index is 274. The number of nitrogens with zero attached hydrogens (tertiary/aromatic N) is 1. The summed E-state index contributed by atoms with van der Waals surface area (Å²) in [6.45, 7) is 12.5. The van der Waals surface area contributed by atoms with Gasteiger partial charge >= 0.3 is 0 Å². The van der Waals surface area contributed by atoms with Gasteiger partial charge in [0, 0.05) is 12.1 Å². The van der Waals surface area contributed by atoms with Crippen molar-refractivity contribution < 1.29 is 0 Å². The van der Waals surface area contributed by atoms with E-state index in [9.17, 15) is 0 Å². The summed E-state index contributed by atoms with van der Waals surface area (Å²) in [6.07, 6.45) is 5.47. The molecule has 0 spiro atoms. The van der Waals surface area contributed by atoms with Crippen LogP contribution in [0, 0.1) is 11.3 Å². The maximum absolute atomic E-state index is 4.28. The van der Waals surface area contributed by atoms with Crippen molar-refractivity contribution in [2.24, 2.45) is 11.3 Å². The molecule has 2 unspecified atom stereocenters. The third kappa shape index (κ3) is 1.75.